The summed E-state index contributed by atoms with van der Waals surface area (Å²) < 4.78 is 1.76. The predicted molar refractivity (Wildman–Crippen MR) is 96.8 cm³/mol. The fraction of sp³-hybridized carbons (Fsp3) is 0.111. The molecule has 0 saturated heterocycles. The van der Waals surface area contributed by atoms with E-state index in [0.717, 1.165) is 11.1 Å². The van der Waals surface area contributed by atoms with Crippen molar-refractivity contribution < 1.29 is 4.79 Å². The minimum atomic E-state index is -0.438. The zero-order chi connectivity index (χ0) is 17.3. The first-order valence-corrected chi connectivity index (χ1v) is 8.03. The van der Waals surface area contributed by atoms with Gasteiger partial charge in [-0.05, 0) is 29.8 Å². The lowest BCUT2D eigenvalue weighted by atomic mass is 10.1. The summed E-state index contributed by atoms with van der Waals surface area (Å²) in [6.07, 6.45) is 1.55. The molecule has 0 aliphatic carbocycles. The van der Waals surface area contributed by atoms with E-state index in [-0.39, 0.29) is 17.5 Å². The van der Waals surface area contributed by atoms with E-state index in [1.807, 2.05) is 12.1 Å². The summed E-state index contributed by atoms with van der Waals surface area (Å²) in [7, 11) is 1.80. The maximum atomic E-state index is 12.5. The first-order chi connectivity index (χ1) is 11.5. The highest BCUT2D eigenvalue weighted by molar-refractivity contribution is 6.35. The number of fused-ring (bicyclic) bond motifs is 1. The lowest BCUT2D eigenvalue weighted by Gasteiger charge is -2.10. The molecule has 1 amide bonds. The number of aryl methyl sites for hydroxylation is 1. The van der Waals surface area contributed by atoms with E-state index in [4.69, 9.17) is 23.2 Å². The molecule has 2 aromatic carbocycles. The van der Waals surface area contributed by atoms with Crippen molar-refractivity contribution in [1.82, 2.24) is 9.88 Å². The number of para-hydroxylation sites is 1. The molecule has 0 atom stereocenters. The minimum absolute atomic E-state index is 0.0984. The van der Waals surface area contributed by atoms with Crippen LogP contribution in [0.3, 0.4) is 0 Å². The van der Waals surface area contributed by atoms with Crippen LogP contribution in [0.1, 0.15) is 15.9 Å². The first-order valence-electron chi connectivity index (χ1n) is 7.28. The molecule has 6 heteroatoms. The minimum Gasteiger partial charge on any atom is -0.350 e. The number of hydrogen-bond acceptors (Lipinski definition) is 2. The number of pyridine rings is 1. The quantitative estimate of drug-likeness (QED) is 0.772. The van der Waals surface area contributed by atoms with Gasteiger partial charge < -0.3 is 9.88 Å². The van der Waals surface area contributed by atoms with Gasteiger partial charge in [0, 0.05) is 35.2 Å². The number of benzene rings is 2. The fourth-order valence-electron chi connectivity index (χ4n) is 2.54. The van der Waals surface area contributed by atoms with Crippen LogP contribution >= 0.6 is 23.2 Å². The van der Waals surface area contributed by atoms with Crippen LogP contribution in [0.15, 0.2) is 53.5 Å². The van der Waals surface area contributed by atoms with Crippen LogP contribution in [0.5, 0.6) is 0 Å². The Balaban J connectivity index is 1.89. The van der Waals surface area contributed by atoms with Gasteiger partial charge in [-0.15, -0.1) is 0 Å². The highest BCUT2D eigenvalue weighted by Crippen LogP contribution is 2.20. The van der Waals surface area contributed by atoms with E-state index in [0.29, 0.717) is 15.4 Å². The molecule has 0 aliphatic heterocycles. The van der Waals surface area contributed by atoms with Crippen molar-refractivity contribution in [2.45, 2.75) is 6.54 Å². The van der Waals surface area contributed by atoms with E-state index in [2.05, 4.69) is 5.32 Å². The van der Waals surface area contributed by atoms with Gasteiger partial charge in [0.05, 0.1) is 5.52 Å². The molecule has 0 bridgehead atoms. The summed E-state index contributed by atoms with van der Waals surface area (Å²) >= 11 is 11.9. The topological polar surface area (TPSA) is 51.1 Å². The summed E-state index contributed by atoms with van der Waals surface area (Å²) in [4.78, 5) is 24.9. The highest BCUT2D eigenvalue weighted by atomic mass is 35.5. The molecule has 1 heterocycles. The van der Waals surface area contributed by atoms with Gasteiger partial charge in [-0.1, -0.05) is 41.4 Å². The summed E-state index contributed by atoms with van der Waals surface area (Å²) in [5.74, 6) is -0.438. The number of hydrogen-bond donors (Lipinski definition) is 1. The number of amides is 1. The largest absolute Gasteiger partial charge is 0.350 e. The number of nitrogens with one attached hydrogen (secondary N) is 1. The van der Waals surface area contributed by atoms with Crippen molar-refractivity contribution in [3.8, 4) is 0 Å². The van der Waals surface area contributed by atoms with Crippen molar-refractivity contribution in [2.24, 2.45) is 7.05 Å². The molecule has 0 saturated carbocycles. The third-order valence-electron chi connectivity index (χ3n) is 3.80. The fourth-order valence-corrected chi connectivity index (χ4v) is 3.01. The van der Waals surface area contributed by atoms with E-state index in [1.54, 1.807) is 48.1 Å². The number of aromatic nitrogens is 1. The summed E-state index contributed by atoms with van der Waals surface area (Å²) in [5, 5.41) is 4.23. The molecule has 3 rings (SSSR count). The summed E-state index contributed by atoms with van der Waals surface area (Å²) in [6, 6.07) is 12.2. The average molecular weight is 361 g/mol. The zero-order valence-electron chi connectivity index (χ0n) is 12.8. The molecule has 3 aromatic rings. The molecule has 1 aromatic heterocycles. The second-order valence-corrected chi connectivity index (χ2v) is 6.26. The molecule has 0 fully saturated rings. The molecule has 1 N–H and O–H groups in total. The second-order valence-electron chi connectivity index (χ2n) is 5.42. The molecular weight excluding hydrogens is 347 g/mol. The van der Waals surface area contributed by atoms with Crippen LogP contribution < -0.4 is 10.7 Å². The molecular formula is C18H14Cl2N2O2. The van der Waals surface area contributed by atoms with Crippen LogP contribution in [0.25, 0.3) is 10.9 Å². The lowest BCUT2D eigenvalue weighted by molar-refractivity contribution is 0.0949. The van der Waals surface area contributed by atoms with E-state index in [9.17, 15) is 9.59 Å². The van der Waals surface area contributed by atoms with Gasteiger partial charge in [0.1, 0.15) is 5.56 Å². The number of carbonyl (C=O) groups excluding carboxylic acids is 1. The van der Waals surface area contributed by atoms with Crippen LogP contribution in [0.2, 0.25) is 10.0 Å². The Morgan fingerprint density at radius 2 is 1.92 bits per heavy atom. The van der Waals surface area contributed by atoms with Gasteiger partial charge in [0.25, 0.3) is 5.91 Å². The van der Waals surface area contributed by atoms with Crippen LogP contribution in [0.4, 0.5) is 0 Å². The molecule has 0 spiro atoms. The van der Waals surface area contributed by atoms with Crippen molar-refractivity contribution in [1.29, 1.82) is 0 Å². The molecule has 24 heavy (non-hydrogen) atoms. The number of rotatable bonds is 3. The number of nitrogens with zero attached hydrogens (tertiary/aromatic N) is 1. The van der Waals surface area contributed by atoms with Crippen molar-refractivity contribution in [3.63, 3.8) is 0 Å². The lowest BCUT2D eigenvalue weighted by Crippen LogP contribution is -2.29. The van der Waals surface area contributed by atoms with Crippen LogP contribution in [-0.4, -0.2) is 10.5 Å². The number of carbonyl (C=O) groups is 1. The van der Waals surface area contributed by atoms with E-state index < -0.39 is 5.91 Å². The number of halogens is 2. The summed E-state index contributed by atoms with van der Waals surface area (Å²) in [6.45, 7) is 0.213. The first kappa shape index (κ1) is 16.6. The maximum Gasteiger partial charge on any atom is 0.257 e. The Bertz CT molecular complexity index is 996. The third kappa shape index (κ3) is 3.16. The van der Waals surface area contributed by atoms with Crippen molar-refractivity contribution >= 4 is 40.0 Å². The Hall–Kier alpha value is -2.30. The van der Waals surface area contributed by atoms with E-state index in [1.165, 1.54) is 0 Å². The van der Waals surface area contributed by atoms with Gasteiger partial charge >= 0.3 is 0 Å². The highest BCUT2D eigenvalue weighted by Gasteiger charge is 2.14. The second kappa shape index (κ2) is 6.67. The van der Waals surface area contributed by atoms with E-state index >= 15 is 0 Å². The predicted octanol–water partition coefficient (Wildman–Crippen LogP) is 3.78. The third-order valence-corrected chi connectivity index (χ3v) is 4.38. The van der Waals surface area contributed by atoms with Crippen LogP contribution in [-0.2, 0) is 13.6 Å². The van der Waals surface area contributed by atoms with Gasteiger partial charge in [0.2, 0.25) is 5.43 Å². The smallest absolute Gasteiger partial charge is 0.257 e. The monoisotopic (exact) mass is 360 g/mol. The molecule has 4 nitrogen and oxygen atoms in total. The van der Waals surface area contributed by atoms with Gasteiger partial charge in [-0.2, -0.15) is 0 Å². The Morgan fingerprint density at radius 3 is 2.67 bits per heavy atom. The molecule has 0 aliphatic rings. The maximum absolute atomic E-state index is 12.5. The average Bonchev–Trinajstić information content (AvgIpc) is 2.57. The van der Waals surface area contributed by atoms with Gasteiger partial charge in [0.15, 0.2) is 0 Å². The zero-order valence-corrected chi connectivity index (χ0v) is 14.4. The SMILES string of the molecule is Cn1cc(C(=O)NCc2ccc(Cl)cc2Cl)c(=O)c2ccccc21. The van der Waals surface area contributed by atoms with Crippen molar-refractivity contribution in [2.75, 3.05) is 0 Å². The standard InChI is InChI=1S/C18H14Cl2N2O2/c1-22-10-14(17(23)13-4-2-3-5-16(13)22)18(24)21-9-11-6-7-12(19)8-15(11)20/h2-8,10H,9H2,1H3,(H,21,24). The summed E-state index contributed by atoms with van der Waals surface area (Å²) in [5.41, 5.74) is 1.32. The van der Waals surface area contributed by atoms with Crippen LogP contribution in [0, 0.1) is 0 Å². The van der Waals surface area contributed by atoms with Crippen molar-refractivity contribution in [3.05, 3.63) is 80.1 Å². The molecule has 0 radical (unpaired) electrons. The molecule has 122 valence electrons. The van der Waals surface area contributed by atoms with Gasteiger partial charge in [-0.25, -0.2) is 0 Å². The normalized spacial score (nSPS) is 10.8. The Kier molecular flexibility index (Phi) is 4.60. The van der Waals surface area contributed by atoms with Gasteiger partial charge in [-0.3, -0.25) is 9.59 Å². The Labute approximate surface area is 148 Å². The Morgan fingerprint density at radius 1 is 1.17 bits per heavy atom. The molecule has 0 unspecified atom stereocenters.